The molecule has 5 nitrogen and oxygen atoms in total. The molecule has 0 bridgehead atoms. The smallest absolute Gasteiger partial charge is 0.211 e. The van der Waals surface area contributed by atoms with Crippen LogP contribution >= 0.6 is 0 Å². The van der Waals surface area contributed by atoms with Crippen molar-refractivity contribution in [2.75, 3.05) is 12.3 Å². The van der Waals surface area contributed by atoms with E-state index in [1.54, 1.807) is 48.5 Å². The summed E-state index contributed by atoms with van der Waals surface area (Å²) < 4.78 is 52.7. The lowest BCUT2D eigenvalue weighted by Gasteiger charge is -2.19. The molecule has 0 amide bonds. The van der Waals surface area contributed by atoms with Crippen LogP contribution in [-0.2, 0) is 19.9 Å². The van der Waals surface area contributed by atoms with Gasteiger partial charge in [-0.1, -0.05) is 61.9 Å². The normalized spacial score (nSPS) is 13.5. The van der Waals surface area contributed by atoms with Crippen molar-refractivity contribution in [3.05, 3.63) is 66.2 Å². The Balaban J connectivity index is 2.32. The number of benzene rings is 2. The van der Waals surface area contributed by atoms with Gasteiger partial charge in [-0.05, 0) is 24.1 Å². The summed E-state index contributed by atoms with van der Waals surface area (Å²) in [5.74, 6) is -0.00358. The summed E-state index contributed by atoms with van der Waals surface area (Å²) in [7, 11) is -7.23. The molecule has 0 radical (unpaired) electrons. The maximum Gasteiger partial charge on any atom is 0.211 e. The maximum atomic E-state index is 13.0. The van der Waals surface area contributed by atoms with Gasteiger partial charge in [0.05, 0.1) is 10.6 Å². The zero-order valence-corrected chi connectivity index (χ0v) is 15.8. The molecule has 0 aromatic heterocycles. The Morgan fingerprint density at radius 1 is 0.880 bits per heavy atom. The minimum absolute atomic E-state index is 0.00358. The fraction of sp³-hybridized carbons (Fsp3) is 0.333. The van der Waals surface area contributed by atoms with Crippen molar-refractivity contribution in [1.82, 2.24) is 4.72 Å². The number of hydrogen-bond acceptors (Lipinski definition) is 4. The van der Waals surface area contributed by atoms with Gasteiger partial charge in [0.25, 0.3) is 0 Å². The second-order valence-electron chi connectivity index (χ2n) is 5.78. The first-order valence-electron chi connectivity index (χ1n) is 8.18. The van der Waals surface area contributed by atoms with Crippen molar-refractivity contribution in [2.45, 2.75) is 29.9 Å². The van der Waals surface area contributed by atoms with E-state index in [9.17, 15) is 16.8 Å². The van der Waals surface area contributed by atoms with Gasteiger partial charge in [0.15, 0.2) is 9.84 Å². The molecule has 0 aliphatic heterocycles. The summed E-state index contributed by atoms with van der Waals surface area (Å²) >= 11 is 0. The summed E-state index contributed by atoms with van der Waals surface area (Å²) in [6, 6.07) is 16.8. The number of nitrogens with one attached hydrogen (secondary N) is 1. The molecule has 1 N–H and O–H groups in total. The van der Waals surface area contributed by atoms with Crippen LogP contribution in [0.2, 0.25) is 0 Å². The first-order chi connectivity index (χ1) is 11.9. The van der Waals surface area contributed by atoms with Crippen LogP contribution in [0, 0.1) is 0 Å². The largest absolute Gasteiger partial charge is 0.223 e. The lowest BCUT2D eigenvalue weighted by atomic mass is 10.1. The molecule has 0 spiro atoms. The molecule has 136 valence electrons. The van der Waals surface area contributed by atoms with Gasteiger partial charge in [-0.15, -0.1) is 0 Å². The quantitative estimate of drug-likeness (QED) is 0.724. The molecule has 25 heavy (non-hydrogen) atoms. The number of sulfonamides is 1. The monoisotopic (exact) mass is 381 g/mol. The first-order valence-corrected chi connectivity index (χ1v) is 11.4. The molecule has 0 saturated carbocycles. The fourth-order valence-electron chi connectivity index (χ4n) is 2.46. The van der Waals surface area contributed by atoms with E-state index in [4.69, 9.17) is 0 Å². The van der Waals surface area contributed by atoms with Gasteiger partial charge in [-0.3, -0.25) is 0 Å². The van der Waals surface area contributed by atoms with Crippen molar-refractivity contribution in [2.24, 2.45) is 0 Å². The van der Waals surface area contributed by atoms with Gasteiger partial charge in [-0.25, -0.2) is 21.6 Å². The Morgan fingerprint density at radius 3 is 2.00 bits per heavy atom. The summed E-state index contributed by atoms with van der Waals surface area (Å²) in [4.78, 5) is 0.177. The van der Waals surface area contributed by atoms with Gasteiger partial charge in [-0.2, -0.15) is 0 Å². The number of hydrogen-bond donors (Lipinski definition) is 1. The highest BCUT2D eigenvalue weighted by Gasteiger charge is 2.30. The first kappa shape index (κ1) is 19.6. The summed E-state index contributed by atoms with van der Waals surface area (Å²) in [5.41, 5.74) is 0.560. The van der Waals surface area contributed by atoms with E-state index >= 15 is 0 Å². The number of rotatable bonds is 9. The van der Waals surface area contributed by atoms with E-state index in [2.05, 4.69) is 4.72 Å². The second kappa shape index (κ2) is 8.60. The number of unbranched alkanes of at least 4 members (excludes halogenated alkanes) is 1. The van der Waals surface area contributed by atoms with E-state index in [1.807, 2.05) is 6.92 Å². The van der Waals surface area contributed by atoms with Crippen LogP contribution in [0.5, 0.6) is 0 Å². The molecule has 0 saturated heterocycles. The molecule has 0 fully saturated rings. The molecule has 0 heterocycles. The van der Waals surface area contributed by atoms with Crippen LogP contribution in [0.4, 0.5) is 0 Å². The predicted molar refractivity (Wildman–Crippen MR) is 99.5 cm³/mol. The van der Waals surface area contributed by atoms with Gasteiger partial charge in [0.1, 0.15) is 5.25 Å². The standard InChI is InChI=1S/C18H23NO4S2/c1-2-3-14-24(20,21)19-15-18(16-10-6-4-7-11-16)25(22,23)17-12-8-5-9-13-17/h4-13,18-19H,2-3,14-15H2,1H3/t18-/m1/s1. The topological polar surface area (TPSA) is 80.3 Å². The maximum absolute atomic E-state index is 13.0. The van der Waals surface area contributed by atoms with Gasteiger partial charge < -0.3 is 0 Å². The van der Waals surface area contributed by atoms with E-state index in [-0.39, 0.29) is 17.2 Å². The highest BCUT2D eigenvalue weighted by Crippen LogP contribution is 2.28. The third-order valence-corrected chi connectivity index (χ3v) is 7.42. The third-order valence-electron chi connectivity index (χ3n) is 3.87. The van der Waals surface area contributed by atoms with Crippen LogP contribution in [0.1, 0.15) is 30.6 Å². The highest BCUT2D eigenvalue weighted by atomic mass is 32.2. The molecular formula is C18H23NO4S2. The Hall–Kier alpha value is -1.70. The van der Waals surface area contributed by atoms with E-state index in [1.165, 1.54) is 12.1 Å². The Morgan fingerprint density at radius 2 is 1.44 bits per heavy atom. The molecular weight excluding hydrogens is 358 g/mol. The number of sulfone groups is 1. The predicted octanol–water partition coefficient (Wildman–Crippen LogP) is 2.92. The molecule has 0 aliphatic rings. The lowest BCUT2D eigenvalue weighted by Crippen LogP contribution is -2.33. The Labute approximate surface area is 150 Å². The SMILES string of the molecule is CCCCS(=O)(=O)NC[C@H](c1ccccc1)S(=O)(=O)c1ccccc1. The van der Waals surface area contributed by atoms with Crippen molar-refractivity contribution in [3.63, 3.8) is 0 Å². The van der Waals surface area contributed by atoms with Crippen LogP contribution in [0.3, 0.4) is 0 Å². The molecule has 0 aliphatic carbocycles. The third kappa shape index (κ3) is 5.39. The van der Waals surface area contributed by atoms with E-state index in [0.717, 1.165) is 6.42 Å². The van der Waals surface area contributed by atoms with Crippen molar-refractivity contribution < 1.29 is 16.8 Å². The molecule has 1 atom stereocenters. The Kier molecular flexibility index (Phi) is 6.75. The van der Waals surface area contributed by atoms with Gasteiger partial charge >= 0.3 is 0 Å². The van der Waals surface area contributed by atoms with E-state index < -0.39 is 25.1 Å². The van der Waals surface area contributed by atoms with E-state index in [0.29, 0.717) is 12.0 Å². The summed E-state index contributed by atoms with van der Waals surface area (Å²) in [6.07, 6.45) is 1.29. The zero-order chi connectivity index (χ0) is 18.3. The van der Waals surface area contributed by atoms with Crippen molar-refractivity contribution in [1.29, 1.82) is 0 Å². The van der Waals surface area contributed by atoms with Crippen LogP contribution < -0.4 is 4.72 Å². The van der Waals surface area contributed by atoms with Crippen LogP contribution in [0.15, 0.2) is 65.6 Å². The molecule has 2 aromatic carbocycles. The minimum atomic E-state index is -3.72. The molecule has 0 unspecified atom stereocenters. The molecule has 2 rings (SSSR count). The van der Waals surface area contributed by atoms with Crippen molar-refractivity contribution in [3.8, 4) is 0 Å². The second-order valence-corrected chi connectivity index (χ2v) is 9.84. The highest BCUT2D eigenvalue weighted by molar-refractivity contribution is 7.92. The summed E-state index contributed by atoms with van der Waals surface area (Å²) in [5, 5.41) is -0.979. The fourth-order valence-corrected chi connectivity index (χ4v) is 5.48. The average Bonchev–Trinajstić information content (AvgIpc) is 2.61. The minimum Gasteiger partial charge on any atom is -0.223 e. The Bertz CT molecular complexity index is 864. The average molecular weight is 382 g/mol. The van der Waals surface area contributed by atoms with Crippen LogP contribution in [0.25, 0.3) is 0 Å². The molecule has 2 aromatic rings. The zero-order valence-electron chi connectivity index (χ0n) is 14.1. The lowest BCUT2D eigenvalue weighted by molar-refractivity contribution is 0.567. The van der Waals surface area contributed by atoms with Gasteiger partial charge in [0.2, 0.25) is 10.0 Å². The molecule has 7 heteroatoms. The summed E-state index contributed by atoms with van der Waals surface area (Å²) in [6.45, 7) is 1.72. The van der Waals surface area contributed by atoms with Gasteiger partial charge in [0, 0.05) is 6.54 Å². The van der Waals surface area contributed by atoms with Crippen molar-refractivity contribution >= 4 is 19.9 Å². The van der Waals surface area contributed by atoms with Crippen LogP contribution in [-0.4, -0.2) is 29.1 Å².